The monoisotopic (exact) mass is 351 g/mol. The first-order valence-corrected chi connectivity index (χ1v) is 8.99. The molecule has 0 radical (unpaired) electrons. The smallest absolute Gasteiger partial charge is 0.257 e. The number of aryl methyl sites for hydroxylation is 1. The summed E-state index contributed by atoms with van der Waals surface area (Å²) in [4.78, 5) is 29.3. The number of hydrogen-bond donors (Lipinski definition) is 0. The summed E-state index contributed by atoms with van der Waals surface area (Å²) in [5, 5.41) is 12.0. The molecular weight excluding hydrogens is 330 g/mol. The average Bonchev–Trinajstić information content (AvgIpc) is 3.17. The first-order valence-electron chi connectivity index (χ1n) is 8.99. The van der Waals surface area contributed by atoms with E-state index in [1.54, 1.807) is 15.9 Å². The number of nitrogens with zero attached hydrogens (tertiary/aromatic N) is 3. The molecule has 0 spiro atoms. The van der Waals surface area contributed by atoms with Crippen LogP contribution in [0.25, 0.3) is 0 Å². The predicted octanol–water partition coefficient (Wildman–Crippen LogP) is 1.79. The van der Waals surface area contributed by atoms with Crippen LogP contribution in [0.3, 0.4) is 0 Å². The van der Waals surface area contributed by atoms with Crippen LogP contribution in [-0.2, 0) is 16.9 Å². The molecule has 0 aliphatic carbocycles. The van der Waals surface area contributed by atoms with Crippen LogP contribution in [0, 0.1) is 5.21 Å². The van der Waals surface area contributed by atoms with Gasteiger partial charge in [-0.15, -0.1) is 0 Å². The Labute approximate surface area is 152 Å². The number of pyridine rings is 1. The Kier molecular flexibility index (Phi) is 3.72. The molecule has 1 aromatic heterocycles. The van der Waals surface area contributed by atoms with Gasteiger partial charge in [-0.05, 0) is 12.0 Å². The number of rotatable bonds is 3. The van der Waals surface area contributed by atoms with E-state index in [0.717, 1.165) is 12.0 Å². The molecule has 134 valence electrons. The largest absolute Gasteiger partial charge is 0.619 e. The van der Waals surface area contributed by atoms with Gasteiger partial charge in [-0.1, -0.05) is 38.1 Å². The second-order valence-electron chi connectivity index (χ2n) is 6.71. The van der Waals surface area contributed by atoms with E-state index < -0.39 is 5.66 Å². The van der Waals surface area contributed by atoms with E-state index in [9.17, 15) is 14.8 Å². The molecule has 0 saturated carbocycles. The van der Waals surface area contributed by atoms with Crippen molar-refractivity contribution < 1.29 is 14.3 Å². The summed E-state index contributed by atoms with van der Waals surface area (Å²) < 4.78 is 0.699. The second kappa shape index (κ2) is 5.83. The minimum Gasteiger partial charge on any atom is -0.619 e. The molecule has 0 N–H and O–H groups in total. The zero-order valence-corrected chi connectivity index (χ0v) is 14.9. The van der Waals surface area contributed by atoms with E-state index in [2.05, 4.69) is 6.92 Å². The van der Waals surface area contributed by atoms with E-state index in [-0.39, 0.29) is 11.8 Å². The van der Waals surface area contributed by atoms with Crippen molar-refractivity contribution in [1.29, 1.82) is 0 Å². The van der Waals surface area contributed by atoms with Crippen molar-refractivity contribution >= 4 is 11.8 Å². The fraction of sp³-hybridized carbons (Fsp3) is 0.350. The molecule has 6 heteroatoms. The summed E-state index contributed by atoms with van der Waals surface area (Å²) >= 11 is 0. The molecule has 2 aromatic rings. The highest BCUT2D eigenvalue weighted by molar-refractivity contribution is 6.01. The maximum atomic E-state index is 13.0. The summed E-state index contributed by atoms with van der Waals surface area (Å²) in [7, 11) is 0. The third kappa shape index (κ3) is 2.01. The molecule has 4 rings (SSSR count). The van der Waals surface area contributed by atoms with Crippen LogP contribution in [0.5, 0.6) is 0 Å². The zero-order chi connectivity index (χ0) is 18.5. The molecule has 3 heterocycles. The Balaban J connectivity index is 2.01. The molecule has 0 bridgehead atoms. The third-order valence-corrected chi connectivity index (χ3v) is 5.48. The maximum Gasteiger partial charge on any atom is 0.257 e. The number of carbonyl (C=O) groups excluding carboxylic acids is 2. The number of hydrogen-bond acceptors (Lipinski definition) is 3. The van der Waals surface area contributed by atoms with Crippen LogP contribution in [0.1, 0.15) is 47.3 Å². The van der Waals surface area contributed by atoms with Gasteiger partial charge in [-0.3, -0.25) is 9.59 Å². The summed E-state index contributed by atoms with van der Waals surface area (Å²) in [6.45, 7) is 4.81. The van der Waals surface area contributed by atoms with Crippen LogP contribution >= 0.6 is 0 Å². The normalized spacial score (nSPS) is 21.1. The first kappa shape index (κ1) is 16.6. The van der Waals surface area contributed by atoms with E-state index in [1.165, 1.54) is 18.0 Å². The fourth-order valence-electron chi connectivity index (χ4n) is 4.23. The quantitative estimate of drug-likeness (QED) is 0.625. The van der Waals surface area contributed by atoms with Gasteiger partial charge in [0, 0.05) is 31.1 Å². The van der Waals surface area contributed by atoms with Crippen molar-refractivity contribution in [3.8, 4) is 0 Å². The Hall–Kier alpha value is -2.89. The molecule has 6 nitrogen and oxygen atoms in total. The number of aromatic nitrogens is 1. The van der Waals surface area contributed by atoms with E-state index in [4.69, 9.17) is 0 Å². The van der Waals surface area contributed by atoms with E-state index in [0.29, 0.717) is 35.4 Å². The Morgan fingerprint density at radius 3 is 2.58 bits per heavy atom. The van der Waals surface area contributed by atoms with Gasteiger partial charge in [0.05, 0.1) is 11.1 Å². The van der Waals surface area contributed by atoms with Crippen LogP contribution < -0.4 is 4.73 Å². The molecule has 1 fully saturated rings. The summed E-state index contributed by atoms with van der Waals surface area (Å²) in [5.41, 5.74) is 2.07. The van der Waals surface area contributed by atoms with Crippen molar-refractivity contribution in [2.24, 2.45) is 0 Å². The van der Waals surface area contributed by atoms with Crippen LogP contribution in [0.2, 0.25) is 0 Å². The number of benzene rings is 1. The third-order valence-electron chi connectivity index (χ3n) is 5.48. The molecule has 26 heavy (non-hydrogen) atoms. The highest BCUT2D eigenvalue weighted by atomic mass is 16.5. The van der Waals surface area contributed by atoms with Gasteiger partial charge in [-0.25, -0.2) is 0 Å². The summed E-state index contributed by atoms with van der Waals surface area (Å²) in [6.07, 6.45) is 4.02. The van der Waals surface area contributed by atoms with Gasteiger partial charge in [0.15, 0.2) is 18.1 Å². The van der Waals surface area contributed by atoms with Crippen molar-refractivity contribution in [1.82, 2.24) is 9.80 Å². The van der Waals surface area contributed by atoms with E-state index in [1.807, 2.05) is 31.2 Å². The summed E-state index contributed by atoms with van der Waals surface area (Å²) in [5.74, 6) is -0.166. The summed E-state index contributed by atoms with van der Waals surface area (Å²) in [6, 6.07) is 9.53. The van der Waals surface area contributed by atoms with Gasteiger partial charge in [0.2, 0.25) is 5.91 Å². The average molecular weight is 351 g/mol. The van der Waals surface area contributed by atoms with Crippen LogP contribution in [-0.4, -0.2) is 34.7 Å². The topological polar surface area (TPSA) is 67.6 Å². The molecule has 2 amide bonds. The second-order valence-corrected chi connectivity index (χ2v) is 6.71. The molecular formula is C20H21N3O3. The number of carbonyl (C=O) groups is 2. The van der Waals surface area contributed by atoms with E-state index >= 15 is 0 Å². The van der Waals surface area contributed by atoms with Gasteiger partial charge >= 0.3 is 0 Å². The van der Waals surface area contributed by atoms with Crippen molar-refractivity contribution in [3.63, 3.8) is 0 Å². The zero-order valence-electron chi connectivity index (χ0n) is 14.9. The maximum absolute atomic E-state index is 13.0. The van der Waals surface area contributed by atoms with Crippen molar-refractivity contribution in [2.45, 2.75) is 32.4 Å². The minimum absolute atomic E-state index is 0.0333. The van der Waals surface area contributed by atoms with Gasteiger partial charge in [-0.2, -0.15) is 4.73 Å². The number of amides is 2. The lowest BCUT2D eigenvalue weighted by atomic mass is 9.90. The molecule has 2 aliphatic rings. The Morgan fingerprint density at radius 1 is 1.19 bits per heavy atom. The van der Waals surface area contributed by atoms with Gasteiger partial charge < -0.3 is 15.0 Å². The Morgan fingerprint density at radius 2 is 1.92 bits per heavy atom. The lowest BCUT2D eigenvalue weighted by Crippen LogP contribution is -2.52. The Bertz CT molecular complexity index is 894. The van der Waals surface area contributed by atoms with Gasteiger partial charge in [0.25, 0.3) is 5.91 Å². The minimum atomic E-state index is -1.03. The van der Waals surface area contributed by atoms with Crippen LogP contribution in [0.15, 0.2) is 42.7 Å². The lowest BCUT2D eigenvalue weighted by Gasteiger charge is -2.39. The lowest BCUT2D eigenvalue weighted by molar-refractivity contribution is -0.606. The standard InChI is InChI=1S/C20H21N3O3/c1-3-14-5-7-15(8-6-14)20-17-13-21(26)10-9-16(17)19(25)23(20)12-11-22(20)18(24)4-2/h5-10,13H,3-4,11-12H2,1-2H3. The fourth-order valence-corrected chi connectivity index (χ4v) is 4.23. The molecule has 1 aromatic carbocycles. The molecule has 1 saturated heterocycles. The SMILES string of the molecule is CCC(=O)N1CCN2C(=O)c3cc[n+]([O-])cc3C12c1ccc(CC)cc1. The predicted molar refractivity (Wildman–Crippen MR) is 95.0 cm³/mol. The van der Waals surface area contributed by atoms with Gasteiger partial charge in [0.1, 0.15) is 0 Å². The highest BCUT2D eigenvalue weighted by Gasteiger charge is 2.60. The van der Waals surface area contributed by atoms with Crippen molar-refractivity contribution in [2.75, 3.05) is 13.1 Å². The molecule has 1 unspecified atom stereocenters. The highest BCUT2D eigenvalue weighted by Crippen LogP contribution is 2.49. The molecule has 2 aliphatic heterocycles. The van der Waals surface area contributed by atoms with Crippen molar-refractivity contribution in [3.05, 3.63) is 70.2 Å². The first-order chi connectivity index (χ1) is 12.5. The number of fused-ring (bicyclic) bond motifs is 3. The molecule has 1 atom stereocenters. The van der Waals surface area contributed by atoms with Crippen LogP contribution in [0.4, 0.5) is 0 Å².